The summed E-state index contributed by atoms with van der Waals surface area (Å²) >= 11 is 17.6. The lowest BCUT2D eigenvalue weighted by Gasteiger charge is -2.24. The molecule has 1 rings (SSSR count). The highest BCUT2D eigenvalue weighted by atomic mass is 35.5. The fourth-order valence-electron chi connectivity index (χ4n) is 1.43. The minimum Gasteiger partial charge on any atom is -0.368 e. The van der Waals surface area contributed by atoms with Crippen LogP contribution in [0, 0.1) is 6.92 Å². The van der Waals surface area contributed by atoms with Crippen molar-refractivity contribution in [1.82, 2.24) is 0 Å². The number of anilines is 1. The van der Waals surface area contributed by atoms with Crippen molar-refractivity contribution >= 4 is 40.5 Å². The smallest absolute Gasteiger partial charge is 0.0642 e. The van der Waals surface area contributed by atoms with Crippen LogP contribution in [0.3, 0.4) is 0 Å². The van der Waals surface area contributed by atoms with E-state index in [-0.39, 0.29) is 0 Å². The van der Waals surface area contributed by atoms with Crippen LogP contribution in [0.5, 0.6) is 0 Å². The zero-order valence-electron chi connectivity index (χ0n) is 8.64. The molecule has 1 aromatic rings. The third-order valence-corrected chi connectivity index (χ3v) is 2.79. The summed E-state index contributed by atoms with van der Waals surface area (Å²) in [6.45, 7) is 3.54. The number of hydrogen-bond acceptors (Lipinski definition) is 1. The van der Waals surface area contributed by atoms with E-state index in [1.165, 1.54) is 0 Å². The summed E-state index contributed by atoms with van der Waals surface area (Å²) < 4.78 is 0. The van der Waals surface area contributed by atoms with Gasteiger partial charge in [0.1, 0.15) is 0 Å². The molecule has 0 radical (unpaired) electrons. The zero-order chi connectivity index (χ0) is 11.3. The predicted octanol–water partition coefficient (Wildman–Crippen LogP) is 3.93. The maximum absolute atomic E-state index is 6.17. The van der Waals surface area contributed by atoms with Crippen LogP contribution in [-0.2, 0) is 0 Å². The second kappa shape index (κ2) is 6.47. The van der Waals surface area contributed by atoms with Crippen molar-refractivity contribution in [3.63, 3.8) is 0 Å². The van der Waals surface area contributed by atoms with Gasteiger partial charge in [-0.1, -0.05) is 17.7 Å². The predicted molar refractivity (Wildman–Crippen MR) is 69.8 cm³/mol. The Morgan fingerprint density at radius 1 is 1.13 bits per heavy atom. The van der Waals surface area contributed by atoms with Crippen LogP contribution in [0.25, 0.3) is 0 Å². The Hall–Kier alpha value is -0.110. The van der Waals surface area contributed by atoms with Crippen LogP contribution in [0.4, 0.5) is 5.69 Å². The molecule has 0 amide bonds. The number of aryl methyl sites for hydroxylation is 1. The molecule has 0 saturated carbocycles. The molecule has 0 atom stereocenters. The van der Waals surface area contributed by atoms with E-state index in [2.05, 4.69) is 4.90 Å². The Kier molecular flexibility index (Phi) is 5.59. The second-order valence-electron chi connectivity index (χ2n) is 3.32. The van der Waals surface area contributed by atoms with Crippen molar-refractivity contribution in [3.05, 3.63) is 28.8 Å². The molecule has 0 aliphatic rings. The Morgan fingerprint density at radius 2 is 1.73 bits per heavy atom. The molecule has 1 nitrogen and oxygen atoms in total. The Balaban J connectivity index is 2.89. The van der Waals surface area contributed by atoms with E-state index < -0.39 is 0 Å². The van der Waals surface area contributed by atoms with Gasteiger partial charge in [-0.25, -0.2) is 0 Å². The Bertz CT molecular complexity index is 309. The van der Waals surface area contributed by atoms with Gasteiger partial charge in [0.25, 0.3) is 0 Å². The van der Waals surface area contributed by atoms with Gasteiger partial charge in [-0.3, -0.25) is 0 Å². The maximum atomic E-state index is 6.17. The molecule has 0 fully saturated rings. The van der Waals surface area contributed by atoms with Crippen molar-refractivity contribution in [3.8, 4) is 0 Å². The fraction of sp³-hybridized carbons (Fsp3) is 0.455. The first kappa shape index (κ1) is 13.0. The highest BCUT2D eigenvalue weighted by molar-refractivity contribution is 6.33. The molecule has 84 valence electrons. The maximum Gasteiger partial charge on any atom is 0.0642 e. The van der Waals surface area contributed by atoms with Gasteiger partial charge in [0, 0.05) is 24.8 Å². The van der Waals surface area contributed by atoms with Gasteiger partial charge in [-0.2, -0.15) is 0 Å². The molecule has 0 aromatic heterocycles. The molecule has 0 heterocycles. The number of alkyl halides is 2. The van der Waals surface area contributed by atoms with Crippen LogP contribution in [0.1, 0.15) is 5.56 Å². The molecular weight excluding hydrogens is 252 g/mol. The van der Waals surface area contributed by atoms with E-state index in [1.807, 2.05) is 25.1 Å². The topological polar surface area (TPSA) is 3.24 Å². The standard InChI is InChI=1S/C11H14Cl3N/c1-9-2-3-11(10(14)8-9)15(6-4-12)7-5-13/h2-3,8H,4-7H2,1H3. The molecule has 15 heavy (non-hydrogen) atoms. The summed E-state index contributed by atoms with van der Waals surface area (Å²) in [4.78, 5) is 2.10. The third kappa shape index (κ3) is 3.75. The average molecular weight is 267 g/mol. The summed E-state index contributed by atoms with van der Waals surface area (Å²) in [5.41, 5.74) is 2.16. The molecule has 0 unspecified atom stereocenters. The quantitative estimate of drug-likeness (QED) is 0.730. The first-order valence-corrected chi connectivity index (χ1v) is 6.26. The van der Waals surface area contributed by atoms with Gasteiger partial charge >= 0.3 is 0 Å². The van der Waals surface area contributed by atoms with E-state index >= 15 is 0 Å². The lowest BCUT2D eigenvalue weighted by atomic mass is 10.2. The van der Waals surface area contributed by atoms with Gasteiger partial charge < -0.3 is 4.90 Å². The lowest BCUT2D eigenvalue weighted by molar-refractivity contribution is 0.874. The van der Waals surface area contributed by atoms with Crippen LogP contribution in [0.2, 0.25) is 5.02 Å². The molecular formula is C11H14Cl3N. The number of benzene rings is 1. The largest absolute Gasteiger partial charge is 0.368 e. The summed E-state index contributed by atoms with van der Waals surface area (Å²) in [6, 6.07) is 6.00. The molecule has 0 spiro atoms. The van der Waals surface area contributed by atoms with E-state index in [0.717, 1.165) is 29.4 Å². The molecule has 0 saturated heterocycles. The van der Waals surface area contributed by atoms with E-state index in [0.29, 0.717) is 11.8 Å². The van der Waals surface area contributed by atoms with Crippen LogP contribution in [0.15, 0.2) is 18.2 Å². The highest BCUT2D eigenvalue weighted by Gasteiger charge is 2.09. The number of nitrogens with zero attached hydrogens (tertiary/aromatic N) is 1. The minimum absolute atomic E-state index is 0.571. The molecule has 0 N–H and O–H groups in total. The monoisotopic (exact) mass is 265 g/mol. The van der Waals surface area contributed by atoms with Crippen molar-refractivity contribution < 1.29 is 0 Å². The first-order valence-electron chi connectivity index (χ1n) is 4.82. The average Bonchev–Trinajstić information content (AvgIpc) is 2.17. The van der Waals surface area contributed by atoms with Crippen molar-refractivity contribution in [2.45, 2.75) is 6.92 Å². The fourth-order valence-corrected chi connectivity index (χ4v) is 2.19. The minimum atomic E-state index is 0.571. The molecule has 1 aromatic carbocycles. The number of rotatable bonds is 5. The van der Waals surface area contributed by atoms with Crippen molar-refractivity contribution in [1.29, 1.82) is 0 Å². The van der Waals surface area contributed by atoms with Crippen molar-refractivity contribution in [2.24, 2.45) is 0 Å². The van der Waals surface area contributed by atoms with Gasteiger partial charge in [-0.05, 0) is 24.6 Å². The zero-order valence-corrected chi connectivity index (χ0v) is 10.9. The Morgan fingerprint density at radius 3 is 2.20 bits per heavy atom. The van der Waals surface area contributed by atoms with Crippen LogP contribution < -0.4 is 4.90 Å². The molecule has 0 aliphatic carbocycles. The number of hydrogen-bond donors (Lipinski definition) is 0. The molecule has 4 heteroatoms. The number of halogens is 3. The van der Waals surface area contributed by atoms with Gasteiger partial charge in [0.15, 0.2) is 0 Å². The summed E-state index contributed by atoms with van der Waals surface area (Å²) in [5, 5.41) is 0.755. The van der Waals surface area contributed by atoms with Crippen LogP contribution in [-0.4, -0.2) is 24.8 Å². The SMILES string of the molecule is Cc1ccc(N(CCCl)CCCl)c(Cl)c1. The van der Waals surface area contributed by atoms with E-state index in [4.69, 9.17) is 34.8 Å². The summed E-state index contributed by atoms with van der Waals surface area (Å²) in [5.74, 6) is 1.14. The van der Waals surface area contributed by atoms with Crippen LogP contribution >= 0.6 is 34.8 Å². The lowest BCUT2D eigenvalue weighted by Crippen LogP contribution is -2.27. The van der Waals surface area contributed by atoms with Gasteiger partial charge in [-0.15, -0.1) is 23.2 Å². The second-order valence-corrected chi connectivity index (χ2v) is 4.48. The summed E-state index contributed by atoms with van der Waals surface area (Å²) in [7, 11) is 0. The molecule has 0 aliphatic heterocycles. The highest BCUT2D eigenvalue weighted by Crippen LogP contribution is 2.26. The van der Waals surface area contributed by atoms with Gasteiger partial charge in [0.05, 0.1) is 10.7 Å². The summed E-state index contributed by atoms with van der Waals surface area (Å²) in [6.07, 6.45) is 0. The van der Waals surface area contributed by atoms with E-state index in [1.54, 1.807) is 0 Å². The normalized spacial score (nSPS) is 10.4. The van der Waals surface area contributed by atoms with Gasteiger partial charge in [0.2, 0.25) is 0 Å². The third-order valence-electron chi connectivity index (χ3n) is 2.15. The Labute approximate surface area is 106 Å². The van der Waals surface area contributed by atoms with Crippen molar-refractivity contribution in [2.75, 3.05) is 29.7 Å². The van der Waals surface area contributed by atoms with E-state index in [9.17, 15) is 0 Å². The molecule has 0 bridgehead atoms. The first-order chi connectivity index (χ1) is 7.19.